The zero-order chi connectivity index (χ0) is 21.7. The summed E-state index contributed by atoms with van der Waals surface area (Å²) >= 11 is 3.68. The molecule has 0 fully saturated rings. The molecule has 2 nitrogen and oxygen atoms in total. The van der Waals surface area contributed by atoms with Crippen molar-refractivity contribution < 1.29 is 10.2 Å². The average molecular weight is 445 g/mol. The molecule has 0 aliphatic carbocycles. The average Bonchev–Trinajstić information content (AvgIpc) is 2.77. The van der Waals surface area contributed by atoms with Crippen molar-refractivity contribution in [2.75, 3.05) is 13.2 Å². The van der Waals surface area contributed by atoms with Crippen molar-refractivity contribution in [2.45, 2.75) is 85.5 Å². The van der Waals surface area contributed by atoms with E-state index in [0.717, 1.165) is 25.7 Å². The van der Waals surface area contributed by atoms with Crippen LogP contribution in [-0.2, 0) is 12.8 Å². The Labute approximate surface area is 190 Å². The first-order chi connectivity index (χ1) is 14.4. The number of thioether (sulfide) groups is 2. The number of hydrogen-bond acceptors (Lipinski definition) is 4. The fourth-order valence-electron chi connectivity index (χ4n) is 3.86. The third-order valence-corrected chi connectivity index (χ3v) is 8.69. The predicted octanol–water partition coefficient (Wildman–Crippen LogP) is 6.42. The molecule has 4 rings (SSSR count). The van der Waals surface area contributed by atoms with Gasteiger partial charge in [-0.3, -0.25) is 0 Å². The monoisotopic (exact) mass is 444 g/mol. The second-order valence-electron chi connectivity index (χ2n) is 8.97. The van der Waals surface area contributed by atoms with Gasteiger partial charge < -0.3 is 10.2 Å². The highest BCUT2D eigenvalue weighted by atomic mass is 32.2. The van der Waals surface area contributed by atoms with Crippen LogP contribution in [0.1, 0.15) is 74.6 Å². The number of rotatable bonds is 4. The highest BCUT2D eigenvalue weighted by Gasteiger charge is 2.20. The molecule has 0 radical (unpaired) electrons. The number of hydrogen-bond donors (Lipinski definition) is 2. The van der Waals surface area contributed by atoms with Gasteiger partial charge >= 0.3 is 0 Å². The Morgan fingerprint density at radius 2 is 1.13 bits per heavy atom. The second-order valence-corrected chi connectivity index (χ2v) is 11.7. The van der Waals surface area contributed by atoms with Gasteiger partial charge in [-0.1, -0.05) is 52.0 Å². The number of aliphatic hydroxyl groups excluding tert-OH is 2. The van der Waals surface area contributed by atoms with Gasteiger partial charge in [-0.15, -0.1) is 23.5 Å². The maximum absolute atomic E-state index is 9.17. The highest BCUT2D eigenvalue weighted by Crippen LogP contribution is 2.37. The van der Waals surface area contributed by atoms with Crippen LogP contribution in [0, 0.1) is 0 Å². The van der Waals surface area contributed by atoms with E-state index >= 15 is 0 Å². The molecular weight excluding hydrogens is 408 g/mol. The molecule has 30 heavy (non-hydrogen) atoms. The third kappa shape index (κ3) is 6.06. The van der Waals surface area contributed by atoms with E-state index in [1.54, 1.807) is 0 Å². The van der Waals surface area contributed by atoms with Crippen molar-refractivity contribution in [3.63, 3.8) is 0 Å². The Bertz CT molecular complexity index is 762. The van der Waals surface area contributed by atoms with Gasteiger partial charge in [0.2, 0.25) is 0 Å². The normalized spacial score (nSPS) is 20.4. The van der Waals surface area contributed by atoms with Crippen LogP contribution >= 0.6 is 23.5 Å². The van der Waals surface area contributed by atoms with E-state index in [-0.39, 0.29) is 0 Å². The minimum absolute atomic E-state index is 0.302. The molecule has 2 aliphatic heterocycles. The first-order valence-corrected chi connectivity index (χ1v) is 13.0. The molecule has 164 valence electrons. The molecule has 2 atom stereocenters. The lowest BCUT2D eigenvalue weighted by Crippen LogP contribution is -2.14. The van der Waals surface area contributed by atoms with E-state index in [1.165, 1.54) is 32.0 Å². The molecule has 0 amide bonds. The zero-order valence-corrected chi connectivity index (χ0v) is 20.4. The summed E-state index contributed by atoms with van der Waals surface area (Å²) < 4.78 is 0. The Kier molecular flexibility index (Phi) is 8.76. The van der Waals surface area contributed by atoms with Crippen LogP contribution < -0.4 is 0 Å². The standard InChI is InChI=1S/2C13H18OS/c2*1-9(2)11-4-3-10-5-6-12(8-14)15-13(10)7-11/h2*3-4,7,9,12,14H,5-6,8H2,1-2H3. The number of fused-ring (bicyclic) bond motifs is 2. The number of aliphatic hydroxyl groups is 2. The summed E-state index contributed by atoms with van der Waals surface area (Å²) in [4.78, 5) is 2.76. The van der Waals surface area contributed by atoms with Gasteiger partial charge in [-0.25, -0.2) is 0 Å². The summed E-state index contributed by atoms with van der Waals surface area (Å²) in [7, 11) is 0. The molecule has 0 spiro atoms. The van der Waals surface area contributed by atoms with Crippen molar-refractivity contribution in [1.29, 1.82) is 0 Å². The van der Waals surface area contributed by atoms with Crippen LogP contribution in [0.2, 0.25) is 0 Å². The van der Waals surface area contributed by atoms with Gasteiger partial charge in [-0.05, 0) is 71.9 Å². The van der Waals surface area contributed by atoms with Gasteiger partial charge in [0.15, 0.2) is 0 Å². The fourth-order valence-corrected chi connectivity index (χ4v) is 6.25. The molecular formula is C26H36O2S2. The van der Waals surface area contributed by atoms with E-state index in [2.05, 4.69) is 64.1 Å². The molecule has 2 aliphatic rings. The van der Waals surface area contributed by atoms with Gasteiger partial charge in [-0.2, -0.15) is 0 Å². The van der Waals surface area contributed by atoms with E-state index in [9.17, 15) is 10.2 Å². The van der Waals surface area contributed by atoms with Gasteiger partial charge in [0.1, 0.15) is 0 Å². The van der Waals surface area contributed by atoms with Gasteiger partial charge in [0, 0.05) is 20.3 Å². The Hall–Kier alpha value is -0.940. The summed E-state index contributed by atoms with van der Waals surface area (Å²) in [6.45, 7) is 9.49. The lowest BCUT2D eigenvalue weighted by Gasteiger charge is -2.23. The summed E-state index contributed by atoms with van der Waals surface area (Å²) in [6, 6.07) is 13.6. The maximum Gasteiger partial charge on any atom is 0.0553 e. The molecule has 2 aromatic rings. The molecule has 2 N–H and O–H groups in total. The summed E-state index contributed by atoms with van der Waals surface area (Å²) in [6.07, 6.45) is 4.45. The molecule has 4 heteroatoms. The smallest absolute Gasteiger partial charge is 0.0553 e. The summed E-state index contributed by atoms with van der Waals surface area (Å²) in [5.74, 6) is 1.18. The second kappa shape index (κ2) is 11.1. The van der Waals surface area contributed by atoms with Crippen molar-refractivity contribution in [1.82, 2.24) is 0 Å². The number of benzene rings is 2. The minimum atomic E-state index is 0.302. The topological polar surface area (TPSA) is 40.5 Å². The van der Waals surface area contributed by atoms with Crippen LogP contribution in [-0.4, -0.2) is 33.9 Å². The van der Waals surface area contributed by atoms with Gasteiger partial charge in [0.25, 0.3) is 0 Å². The van der Waals surface area contributed by atoms with Gasteiger partial charge in [0.05, 0.1) is 13.2 Å². The first-order valence-electron chi connectivity index (χ1n) is 11.2. The molecule has 2 heterocycles. The quantitative estimate of drug-likeness (QED) is 0.571. The van der Waals surface area contributed by atoms with Crippen LogP contribution in [0.25, 0.3) is 0 Å². The summed E-state index contributed by atoms with van der Waals surface area (Å²) in [5.41, 5.74) is 5.71. The lowest BCUT2D eigenvalue weighted by molar-refractivity contribution is 0.289. The van der Waals surface area contributed by atoms with Crippen molar-refractivity contribution in [2.24, 2.45) is 0 Å². The van der Waals surface area contributed by atoms with E-state index in [0.29, 0.717) is 35.5 Å². The van der Waals surface area contributed by atoms with Crippen LogP contribution in [0.5, 0.6) is 0 Å². The number of aryl methyl sites for hydroxylation is 2. The molecule has 2 unspecified atom stereocenters. The van der Waals surface area contributed by atoms with Crippen LogP contribution in [0.3, 0.4) is 0 Å². The largest absolute Gasteiger partial charge is 0.395 e. The molecule has 0 bridgehead atoms. The lowest BCUT2D eigenvalue weighted by atomic mass is 9.99. The Morgan fingerprint density at radius 3 is 1.47 bits per heavy atom. The third-order valence-electron chi connectivity index (χ3n) is 5.98. The highest BCUT2D eigenvalue weighted by molar-refractivity contribution is 8.00. The van der Waals surface area contributed by atoms with Crippen molar-refractivity contribution in [3.8, 4) is 0 Å². The van der Waals surface area contributed by atoms with E-state index < -0.39 is 0 Å². The Morgan fingerprint density at radius 1 is 0.733 bits per heavy atom. The zero-order valence-electron chi connectivity index (χ0n) is 18.7. The van der Waals surface area contributed by atoms with E-state index in [1.807, 2.05) is 23.5 Å². The summed E-state index contributed by atoms with van der Waals surface area (Å²) in [5, 5.41) is 19.2. The maximum atomic E-state index is 9.17. The van der Waals surface area contributed by atoms with Crippen LogP contribution in [0.15, 0.2) is 46.2 Å². The van der Waals surface area contributed by atoms with Crippen molar-refractivity contribution >= 4 is 23.5 Å². The Balaban J connectivity index is 0.000000171. The van der Waals surface area contributed by atoms with Crippen LogP contribution in [0.4, 0.5) is 0 Å². The van der Waals surface area contributed by atoms with E-state index in [4.69, 9.17) is 0 Å². The molecule has 2 aromatic carbocycles. The molecule has 0 aromatic heterocycles. The SMILES string of the molecule is CC(C)c1ccc2c(c1)SC(CO)CC2.CC(C)c1ccc2c(c1)SC(CO)CC2. The molecule has 0 saturated heterocycles. The fraction of sp³-hybridized carbons (Fsp3) is 0.538. The predicted molar refractivity (Wildman–Crippen MR) is 131 cm³/mol. The first kappa shape index (κ1) is 23.7. The minimum Gasteiger partial charge on any atom is -0.395 e. The molecule has 0 saturated carbocycles. The van der Waals surface area contributed by atoms with Crippen molar-refractivity contribution in [3.05, 3.63) is 58.7 Å².